The van der Waals surface area contributed by atoms with E-state index < -0.39 is 11.6 Å². The summed E-state index contributed by atoms with van der Waals surface area (Å²) >= 11 is 0. The highest BCUT2D eigenvalue weighted by atomic mass is 19.1. The fraction of sp³-hybridized carbons (Fsp3) is 0.233. The Bertz CT molecular complexity index is 1520. The molecule has 4 bridgehead atoms. The first-order chi connectivity index (χ1) is 18.4. The fourth-order valence-electron chi connectivity index (χ4n) is 5.35. The van der Waals surface area contributed by atoms with Crippen LogP contribution in [0, 0.1) is 11.6 Å². The minimum absolute atomic E-state index is 0.0192. The van der Waals surface area contributed by atoms with Crippen molar-refractivity contribution in [3.05, 3.63) is 108 Å². The molecule has 4 aliphatic rings. The summed E-state index contributed by atoms with van der Waals surface area (Å²) in [7, 11) is 0. The predicted molar refractivity (Wildman–Crippen MR) is 146 cm³/mol. The van der Waals surface area contributed by atoms with E-state index in [9.17, 15) is 0 Å². The van der Waals surface area contributed by atoms with Gasteiger partial charge < -0.3 is 15.1 Å². The van der Waals surface area contributed by atoms with Crippen molar-refractivity contribution in [2.24, 2.45) is 4.99 Å². The molecule has 0 aliphatic carbocycles. The van der Waals surface area contributed by atoms with Gasteiger partial charge in [0.15, 0.2) is 0 Å². The van der Waals surface area contributed by atoms with Crippen molar-refractivity contribution in [3.63, 3.8) is 0 Å². The third-order valence-corrected chi connectivity index (χ3v) is 7.45. The van der Waals surface area contributed by atoms with E-state index in [1.54, 1.807) is 24.5 Å². The van der Waals surface area contributed by atoms with Crippen LogP contribution in [0.15, 0.2) is 78.7 Å². The number of halogens is 2. The van der Waals surface area contributed by atoms with Crippen LogP contribution < -0.4 is 5.32 Å². The number of nitrogens with one attached hydrogen (secondary N) is 1. The second-order valence-electron chi connectivity index (χ2n) is 9.77. The number of fused-ring (bicyclic) bond motifs is 1. The Morgan fingerprint density at radius 2 is 1.92 bits per heavy atom. The average molecular weight is 511 g/mol. The first kappa shape index (κ1) is 24.0. The van der Waals surface area contributed by atoms with Crippen molar-refractivity contribution in [1.82, 2.24) is 19.8 Å². The molecule has 8 heteroatoms. The lowest BCUT2D eigenvalue weighted by Gasteiger charge is -2.38. The average Bonchev–Trinajstić information content (AvgIpc) is 2.95. The molecule has 6 heterocycles. The van der Waals surface area contributed by atoms with E-state index in [0.717, 1.165) is 35.7 Å². The Morgan fingerprint density at radius 3 is 2.71 bits per heavy atom. The Hall–Kier alpha value is -4.33. The van der Waals surface area contributed by atoms with Crippen LogP contribution in [0.25, 0.3) is 11.3 Å². The standard InChI is InChI=1S/C30H28F2N6/c1-4-19(3)37-12-14-38(15-13-37)30-22-17-24(32)28-25-20(6-5-7-23(25)31)16-21-9-11-33-26(27(21)36-30)18(2)8-10-34-29(22)35-28/h4-11,17-18H,1,3,12-16H2,2H3,(H,34,35)/b10-8-,36-30+. The Kier molecular flexibility index (Phi) is 6.02. The zero-order chi connectivity index (χ0) is 26.4. The molecule has 7 rings (SSSR count). The molecule has 4 aliphatic heterocycles. The topological polar surface area (TPSA) is 56.6 Å². The van der Waals surface area contributed by atoms with Gasteiger partial charge in [0.05, 0.1) is 16.9 Å². The molecule has 1 fully saturated rings. The first-order valence-electron chi connectivity index (χ1n) is 12.7. The van der Waals surface area contributed by atoms with Gasteiger partial charge in [-0.2, -0.15) is 0 Å². The fourth-order valence-corrected chi connectivity index (χ4v) is 5.35. The number of benzene rings is 1. The van der Waals surface area contributed by atoms with Crippen molar-refractivity contribution in [2.75, 3.05) is 31.5 Å². The molecule has 1 N–H and O–H groups in total. The van der Waals surface area contributed by atoms with Crippen LogP contribution in [0.3, 0.4) is 0 Å². The summed E-state index contributed by atoms with van der Waals surface area (Å²) in [4.78, 5) is 18.9. The number of hydrogen-bond donors (Lipinski definition) is 1. The number of aromatic nitrogens is 2. The maximum absolute atomic E-state index is 15.8. The van der Waals surface area contributed by atoms with E-state index in [1.807, 2.05) is 18.2 Å². The molecule has 0 radical (unpaired) electrons. The Balaban J connectivity index is 1.63. The Labute approximate surface area is 220 Å². The van der Waals surface area contributed by atoms with Crippen LogP contribution in [-0.4, -0.2) is 51.8 Å². The van der Waals surface area contributed by atoms with Crippen LogP contribution in [0.4, 0.5) is 20.3 Å². The van der Waals surface area contributed by atoms with E-state index >= 15 is 8.78 Å². The predicted octanol–water partition coefficient (Wildman–Crippen LogP) is 5.76. The molecule has 1 saturated heterocycles. The van der Waals surface area contributed by atoms with Gasteiger partial charge in [-0.05, 0) is 41.6 Å². The second-order valence-corrected chi connectivity index (χ2v) is 9.77. The van der Waals surface area contributed by atoms with Gasteiger partial charge in [-0.3, -0.25) is 4.98 Å². The third kappa shape index (κ3) is 4.06. The lowest BCUT2D eigenvalue weighted by Crippen LogP contribution is -2.48. The number of allylic oxidation sites excluding steroid dienone is 2. The maximum Gasteiger partial charge on any atom is 0.150 e. The second kappa shape index (κ2) is 9.52. The SMILES string of the molecule is C=CC(=C)N1CCN(/C2=N/c3c4ccnc3C(C)/C=C\Nc3nc(c(F)cc32)-c2c(F)cccc2C4)CC1. The number of anilines is 1. The summed E-state index contributed by atoms with van der Waals surface area (Å²) < 4.78 is 31.1. The smallest absolute Gasteiger partial charge is 0.150 e. The number of piperazine rings is 1. The molecule has 0 amide bonds. The molecule has 1 atom stereocenters. The highest BCUT2D eigenvalue weighted by Gasteiger charge is 2.29. The number of amidine groups is 1. The summed E-state index contributed by atoms with van der Waals surface area (Å²) in [6, 6.07) is 8.16. The molecular formula is C30H28F2N6. The van der Waals surface area contributed by atoms with Crippen LogP contribution in [0.1, 0.15) is 35.2 Å². The highest BCUT2D eigenvalue weighted by molar-refractivity contribution is 6.05. The van der Waals surface area contributed by atoms with E-state index in [2.05, 4.69) is 40.2 Å². The van der Waals surface area contributed by atoms with E-state index in [4.69, 9.17) is 9.98 Å². The number of rotatable bonds is 2. The molecule has 0 saturated carbocycles. The van der Waals surface area contributed by atoms with Crippen LogP contribution >= 0.6 is 0 Å². The number of aliphatic imine (C=N–C) groups is 1. The summed E-state index contributed by atoms with van der Waals surface area (Å²) in [5.74, 6) is -0.127. The monoisotopic (exact) mass is 510 g/mol. The lowest BCUT2D eigenvalue weighted by atomic mass is 9.94. The van der Waals surface area contributed by atoms with Gasteiger partial charge in [-0.15, -0.1) is 0 Å². The largest absolute Gasteiger partial charge is 0.368 e. The molecule has 2 aromatic heterocycles. The van der Waals surface area contributed by atoms with Gasteiger partial charge in [-0.25, -0.2) is 18.8 Å². The Morgan fingerprint density at radius 1 is 1.11 bits per heavy atom. The lowest BCUT2D eigenvalue weighted by molar-refractivity contribution is 0.228. The van der Waals surface area contributed by atoms with Crippen LogP contribution in [-0.2, 0) is 6.42 Å². The minimum atomic E-state index is -0.595. The van der Waals surface area contributed by atoms with Crippen molar-refractivity contribution in [2.45, 2.75) is 19.3 Å². The quantitative estimate of drug-likeness (QED) is 0.444. The van der Waals surface area contributed by atoms with Crippen LogP contribution in [0.2, 0.25) is 0 Å². The molecule has 192 valence electrons. The molecule has 38 heavy (non-hydrogen) atoms. The number of hydrogen-bond acceptors (Lipinski definition) is 6. The van der Waals surface area contributed by atoms with Crippen molar-refractivity contribution in [3.8, 4) is 11.3 Å². The van der Waals surface area contributed by atoms with E-state index in [0.29, 0.717) is 42.3 Å². The molecular weight excluding hydrogens is 482 g/mol. The van der Waals surface area contributed by atoms with Gasteiger partial charge in [0.1, 0.15) is 29.0 Å². The summed E-state index contributed by atoms with van der Waals surface area (Å²) in [5.41, 5.74) is 4.61. The molecule has 3 aromatic rings. The van der Waals surface area contributed by atoms with Gasteiger partial charge in [0, 0.05) is 56.0 Å². The first-order valence-corrected chi connectivity index (χ1v) is 12.7. The molecule has 6 nitrogen and oxygen atoms in total. The van der Waals surface area contributed by atoms with Crippen LogP contribution in [0.5, 0.6) is 0 Å². The summed E-state index contributed by atoms with van der Waals surface area (Å²) in [5, 5.41) is 3.24. The molecule has 1 aromatic carbocycles. The highest BCUT2D eigenvalue weighted by Crippen LogP contribution is 2.38. The van der Waals surface area contributed by atoms with Gasteiger partial charge >= 0.3 is 0 Å². The summed E-state index contributed by atoms with van der Waals surface area (Å²) in [6.45, 7) is 12.7. The maximum atomic E-state index is 15.8. The van der Waals surface area contributed by atoms with Gasteiger partial charge in [0.2, 0.25) is 0 Å². The normalized spacial score (nSPS) is 20.2. The van der Waals surface area contributed by atoms with E-state index in [1.165, 1.54) is 12.1 Å². The van der Waals surface area contributed by atoms with Crippen molar-refractivity contribution >= 4 is 17.3 Å². The molecule has 1 unspecified atom stereocenters. The van der Waals surface area contributed by atoms with E-state index in [-0.39, 0.29) is 17.2 Å². The number of nitrogens with zero attached hydrogens (tertiary/aromatic N) is 5. The minimum Gasteiger partial charge on any atom is -0.368 e. The zero-order valence-corrected chi connectivity index (χ0v) is 21.2. The zero-order valence-electron chi connectivity index (χ0n) is 21.2. The van der Waals surface area contributed by atoms with Crippen molar-refractivity contribution < 1.29 is 8.78 Å². The third-order valence-electron chi connectivity index (χ3n) is 7.45. The van der Waals surface area contributed by atoms with Crippen molar-refractivity contribution in [1.29, 1.82) is 0 Å². The molecule has 0 spiro atoms. The summed E-state index contributed by atoms with van der Waals surface area (Å²) in [6.07, 6.45) is 7.66. The van der Waals surface area contributed by atoms with Gasteiger partial charge in [0.25, 0.3) is 0 Å². The van der Waals surface area contributed by atoms with Gasteiger partial charge in [-0.1, -0.05) is 38.3 Å². The number of pyridine rings is 2.